The van der Waals surface area contributed by atoms with Gasteiger partial charge in [0.1, 0.15) is 5.82 Å². The van der Waals surface area contributed by atoms with Gasteiger partial charge in [0.2, 0.25) is 0 Å². The lowest BCUT2D eigenvalue weighted by Gasteiger charge is -2.30. The lowest BCUT2D eigenvalue weighted by Crippen LogP contribution is -2.33. The highest BCUT2D eigenvalue weighted by Gasteiger charge is 2.31. The molecule has 21 heavy (non-hydrogen) atoms. The van der Waals surface area contributed by atoms with Crippen LogP contribution in [0.15, 0.2) is 51.4 Å². The molecule has 2 aromatic rings. The van der Waals surface area contributed by atoms with Crippen LogP contribution in [0, 0.1) is 5.82 Å². The maximum absolute atomic E-state index is 13.4. The molecule has 0 unspecified atom stereocenters. The first-order valence-corrected chi connectivity index (χ1v) is 8.98. The molecule has 0 radical (unpaired) electrons. The SMILES string of the molecule is Fc1ccc(CC(CCl)(CCl)c2ccc(Br)cc2)cc1Br. The third-order valence-electron chi connectivity index (χ3n) is 3.49. The first-order chi connectivity index (χ1) is 10.0. The summed E-state index contributed by atoms with van der Waals surface area (Å²) in [4.78, 5) is 0. The van der Waals surface area contributed by atoms with E-state index in [4.69, 9.17) is 23.2 Å². The molecule has 2 rings (SSSR count). The van der Waals surface area contributed by atoms with Crippen molar-refractivity contribution in [2.75, 3.05) is 11.8 Å². The van der Waals surface area contributed by atoms with Crippen molar-refractivity contribution in [3.63, 3.8) is 0 Å². The fourth-order valence-corrected chi connectivity index (χ4v) is 3.70. The topological polar surface area (TPSA) is 0 Å². The van der Waals surface area contributed by atoms with Crippen molar-refractivity contribution < 1.29 is 4.39 Å². The van der Waals surface area contributed by atoms with Crippen LogP contribution in [0.2, 0.25) is 0 Å². The lowest BCUT2D eigenvalue weighted by molar-refractivity contribution is 0.534. The molecule has 0 aliphatic carbocycles. The molecule has 0 aliphatic heterocycles. The molecule has 2 aromatic carbocycles. The predicted octanol–water partition coefficient (Wildman–Crippen LogP) is 6.31. The van der Waals surface area contributed by atoms with Crippen molar-refractivity contribution in [3.05, 3.63) is 68.4 Å². The number of hydrogen-bond acceptors (Lipinski definition) is 0. The summed E-state index contributed by atoms with van der Waals surface area (Å²) in [5.74, 6) is 0.519. The molecule has 0 N–H and O–H groups in total. The van der Waals surface area contributed by atoms with Gasteiger partial charge in [-0.25, -0.2) is 4.39 Å². The zero-order valence-corrected chi connectivity index (χ0v) is 15.7. The second-order valence-corrected chi connectivity index (χ2v) is 7.28. The van der Waals surface area contributed by atoms with Gasteiger partial charge in [-0.15, -0.1) is 23.2 Å². The minimum absolute atomic E-state index is 0.273. The average molecular weight is 455 g/mol. The molecule has 0 atom stereocenters. The summed E-state index contributed by atoms with van der Waals surface area (Å²) in [5.41, 5.74) is 1.70. The van der Waals surface area contributed by atoms with Crippen molar-refractivity contribution >= 4 is 55.1 Å². The Labute approximate surface area is 150 Å². The Bertz CT molecular complexity index is 610. The quantitative estimate of drug-likeness (QED) is 0.464. The molecule has 0 spiro atoms. The van der Waals surface area contributed by atoms with Crippen LogP contribution in [0.25, 0.3) is 0 Å². The zero-order chi connectivity index (χ0) is 15.5. The molecular weight excluding hydrogens is 442 g/mol. The maximum atomic E-state index is 13.4. The Hall–Kier alpha value is -0.0900. The van der Waals surface area contributed by atoms with Gasteiger partial charge in [0.25, 0.3) is 0 Å². The van der Waals surface area contributed by atoms with Gasteiger partial charge in [-0.1, -0.05) is 34.1 Å². The van der Waals surface area contributed by atoms with E-state index in [1.54, 1.807) is 12.1 Å². The molecule has 0 bridgehead atoms. The summed E-state index contributed by atoms with van der Waals surface area (Å²) in [6, 6.07) is 13.0. The molecule has 0 heterocycles. The number of halogens is 5. The normalized spacial score (nSPS) is 11.7. The van der Waals surface area contributed by atoms with E-state index in [2.05, 4.69) is 31.9 Å². The van der Waals surface area contributed by atoms with Crippen LogP contribution in [0.5, 0.6) is 0 Å². The van der Waals surface area contributed by atoms with Gasteiger partial charge in [-0.05, 0) is 57.7 Å². The van der Waals surface area contributed by atoms with Crippen molar-refractivity contribution in [1.82, 2.24) is 0 Å². The number of rotatable bonds is 5. The number of hydrogen-bond donors (Lipinski definition) is 0. The summed E-state index contributed by atoms with van der Waals surface area (Å²) >= 11 is 19.1. The fraction of sp³-hybridized carbons (Fsp3) is 0.250. The van der Waals surface area contributed by atoms with Gasteiger partial charge >= 0.3 is 0 Å². The summed E-state index contributed by atoms with van der Waals surface area (Å²) < 4.78 is 14.8. The summed E-state index contributed by atoms with van der Waals surface area (Å²) in [5, 5.41) is 0. The van der Waals surface area contributed by atoms with Crippen LogP contribution >= 0.6 is 55.1 Å². The third kappa shape index (κ3) is 4.01. The standard InChI is InChI=1S/C16H13Br2Cl2F/c17-13-4-2-12(3-5-13)16(9-19,10-20)8-11-1-6-15(21)14(18)7-11/h1-7H,8-10H2. The van der Waals surface area contributed by atoms with Gasteiger partial charge in [0.15, 0.2) is 0 Å². The average Bonchev–Trinajstić information content (AvgIpc) is 2.49. The Balaban J connectivity index is 2.37. The molecule has 0 amide bonds. The van der Waals surface area contributed by atoms with E-state index in [0.717, 1.165) is 15.6 Å². The van der Waals surface area contributed by atoms with Gasteiger partial charge in [-0.2, -0.15) is 0 Å². The second kappa shape index (κ2) is 7.45. The molecule has 112 valence electrons. The summed E-state index contributed by atoms with van der Waals surface area (Å²) in [6.07, 6.45) is 0.653. The van der Waals surface area contributed by atoms with Crippen LogP contribution < -0.4 is 0 Å². The molecule has 0 saturated heterocycles. The minimum atomic E-state index is -0.374. The van der Waals surface area contributed by atoms with Gasteiger partial charge in [0, 0.05) is 21.6 Å². The van der Waals surface area contributed by atoms with Crippen LogP contribution in [0.3, 0.4) is 0 Å². The van der Waals surface area contributed by atoms with Crippen molar-refractivity contribution in [2.24, 2.45) is 0 Å². The first kappa shape index (κ1) is 17.3. The molecule has 5 heteroatoms. The van der Waals surface area contributed by atoms with Crippen LogP contribution in [-0.4, -0.2) is 11.8 Å². The van der Waals surface area contributed by atoms with E-state index >= 15 is 0 Å². The van der Waals surface area contributed by atoms with Gasteiger partial charge in [-0.3, -0.25) is 0 Å². The highest BCUT2D eigenvalue weighted by Crippen LogP contribution is 2.33. The molecule has 0 saturated carbocycles. The van der Waals surface area contributed by atoms with Gasteiger partial charge in [0.05, 0.1) is 4.47 Å². The van der Waals surface area contributed by atoms with E-state index in [0.29, 0.717) is 22.7 Å². The molecule has 0 fully saturated rings. The Morgan fingerprint density at radius 3 is 2.10 bits per heavy atom. The maximum Gasteiger partial charge on any atom is 0.137 e. The number of benzene rings is 2. The Morgan fingerprint density at radius 1 is 0.952 bits per heavy atom. The van der Waals surface area contributed by atoms with Crippen molar-refractivity contribution in [3.8, 4) is 0 Å². The van der Waals surface area contributed by atoms with E-state index in [9.17, 15) is 4.39 Å². The highest BCUT2D eigenvalue weighted by atomic mass is 79.9. The lowest BCUT2D eigenvalue weighted by atomic mass is 9.79. The predicted molar refractivity (Wildman–Crippen MR) is 95.1 cm³/mol. The van der Waals surface area contributed by atoms with E-state index in [-0.39, 0.29) is 11.2 Å². The van der Waals surface area contributed by atoms with Crippen LogP contribution in [0.4, 0.5) is 4.39 Å². The van der Waals surface area contributed by atoms with E-state index in [1.807, 2.05) is 24.3 Å². The molecule has 0 aromatic heterocycles. The highest BCUT2D eigenvalue weighted by molar-refractivity contribution is 9.10. The van der Waals surface area contributed by atoms with Crippen molar-refractivity contribution in [2.45, 2.75) is 11.8 Å². The summed E-state index contributed by atoms with van der Waals surface area (Å²) in [6.45, 7) is 0. The van der Waals surface area contributed by atoms with Gasteiger partial charge < -0.3 is 0 Å². The largest absolute Gasteiger partial charge is 0.206 e. The third-order valence-corrected chi connectivity index (χ3v) is 5.65. The zero-order valence-electron chi connectivity index (χ0n) is 11.1. The van der Waals surface area contributed by atoms with Crippen LogP contribution in [0.1, 0.15) is 11.1 Å². The van der Waals surface area contributed by atoms with E-state index < -0.39 is 0 Å². The smallest absolute Gasteiger partial charge is 0.137 e. The molecule has 0 aliphatic rings. The Kier molecular flexibility index (Phi) is 6.13. The monoisotopic (exact) mass is 452 g/mol. The minimum Gasteiger partial charge on any atom is -0.206 e. The Morgan fingerprint density at radius 2 is 1.57 bits per heavy atom. The number of alkyl halides is 2. The van der Waals surface area contributed by atoms with Crippen LogP contribution in [-0.2, 0) is 11.8 Å². The second-order valence-electron chi connectivity index (χ2n) is 4.98. The molecule has 0 nitrogen and oxygen atoms in total. The molecular formula is C16H13Br2Cl2F. The fourth-order valence-electron chi connectivity index (χ4n) is 2.23. The van der Waals surface area contributed by atoms with E-state index in [1.165, 1.54) is 6.07 Å². The van der Waals surface area contributed by atoms with Crippen molar-refractivity contribution in [1.29, 1.82) is 0 Å². The summed E-state index contributed by atoms with van der Waals surface area (Å²) in [7, 11) is 0. The first-order valence-electron chi connectivity index (χ1n) is 6.33.